The van der Waals surface area contributed by atoms with Gasteiger partial charge in [-0.05, 0) is 7.05 Å². The first-order valence-corrected chi connectivity index (χ1v) is 4.02. The Kier molecular flexibility index (Phi) is 3.32. The van der Waals surface area contributed by atoms with Crippen LogP contribution in [0.15, 0.2) is 0 Å². The van der Waals surface area contributed by atoms with Crippen molar-refractivity contribution in [3.05, 3.63) is 0 Å². The van der Waals surface area contributed by atoms with E-state index in [1.165, 1.54) is 7.05 Å². The summed E-state index contributed by atoms with van der Waals surface area (Å²) in [5.41, 5.74) is 5.04. The van der Waals surface area contributed by atoms with Crippen LogP contribution in [0.4, 0.5) is 0 Å². The highest BCUT2D eigenvalue weighted by molar-refractivity contribution is 7.49. The van der Waals surface area contributed by atoms with Gasteiger partial charge in [0.15, 0.2) is 0 Å². The van der Waals surface area contributed by atoms with E-state index in [1.807, 2.05) is 0 Å². The molecule has 0 amide bonds. The van der Waals surface area contributed by atoms with Crippen molar-refractivity contribution in [3.63, 3.8) is 0 Å². The number of hydrogen-bond acceptors (Lipinski definition) is 2. The van der Waals surface area contributed by atoms with Crippen LogP contribution in [0.5, 0.6) is 0 Å². The molecule has 0 saturated heterocycles. The quantitative estimate of drug-likeness (QED) is 0.452. The summed E-state index contributed by atoms with van der Waals surface area (Å²) in [5.74, 6) is 0. The van der Waals surface area contributed by atoms with E-state index in [4.69, 9.17) is 15.5 Å². The second kappa shape index (κ2) is 3.29. The molecule has 0 spiro atoms. The summed E-state index contributed by atoms with van der Waals surface area (Å²) >= 11 is 0. The Morgan fingerprint density at radius 2 is 2.11 bits per heavy atom. The van der Waals surface area contributed by atoms with Crippen molar-refractivity contribution >= 4 is 7.75 Å². The molecule has 0 bridgehead atoms. The first kappa shape index (κ1) is 9.07. The molecule has 0 atom stereocenters. The van der Waals surface area contributed by atoms with Gasteiger partial charge in [0.2, 0.25) is 0 Å². The predicted molar refractivity (Wildman–Crippen MR) is 33.7 cm³/mol. The number of rotatable bonds is 3. The second-order valence-corrected chi connectivity index (χ2v) is 3.39. The van der Waals surface area contributed by atoms with E-state index in [-0.39, 0.29) is 13.1 Å². The van der Waals surface area contributed by atoms with Crippen LogP contribution < -0.4 is 5.73 Å². The van der Waals surface area contributed by atoms with Crippen LogP contribution in [0.2, 0.25) is 0 Å². The molecule has 56 valence electrons. The molecule has 0 fully saturated rings. The SMILES string of the molecule is CN(CCN)P(=O)(O)O. The maximum absolute atomic E-state index is 10.3. The van der Waals surface area contributed by atoms with E-state index in [1.54, 1.807) is 0 Å². The molecule has 0 aliphatic heterocycles. The van der Waals surface area contributed by atoms with Crippen LogP contribution in [-0.2, 0) is 4.57 Å². The summed E-state index contributed by atoms with van der Waals surface area (Å²) < 4.78 is 11.2. The van der Waals surface area contributed by atoms with E-state index >= 15 is 0 Å². The Bertz CT molecular complexity index is 122. The highest BCUT2D eigenvalue weighted by atomic mass is 31.2. The Morgan fingerprint density at radius 3 is 2.22 bits per heavy atom. The Morgan fingerprint density at radius 1 is 1.67 bits per heavy atom. The van der Waals surface area contributed by atoms with E-state index < -0.39 is 7.75 Å². The van der Waals surface area contributed by atoms with Crippen molar-refractivity contribution in [2.75, 3.05) is 20.1 Å². The molecular weight excluding hydrogens is 143 g/mol. The number of nitrogens with zero attached hydrogens (tertiary/aromatic N) is 1. The van der Waals surface area contributed by atoms with Crippen LogP contribution in [0.3, 0.4) is 0 Å². The Labute approximate surface area is 53.7 Å². The minimum Gasteiger partial charge on any atom is -0.329 e. The first-order valence-electron chi connectivity index (χ1n) is 2.45. The van der Waals surface area contributed by atoms with Crippen molar-refractivity contribution in [1.29, 1.82) is 0 Å². The fourth-order valence-electron chi connectivity index (χ4n) is 0.317. The van der Waals surface area contributed by atoms with Gasteiger partial charge < -0.3 is 15.5 Å². The molecule has 0 saturated carbocycles. The van der Waals surface area contributed by atoms with Gasteiger partial charge in [-0.3, -0.25) is 0 Å². The minimum atomic E-state index is -4.02. The molecule has 0 heterocycles. The zero-order valence-electron chi connectivity index (χ0n) is 5.19. The molecule has 0 aromatic rings. The zero-order valence-corrected chi connectivity index (χ0v) is 6.08. The van der Waals surface area contributed by atoms with Crippen molar-refractivity contribution in [2.24, 2.45) is 5.73 Å². The highest BCUT2D eigenvalue weighted by Crippen LogP contribution is 2.37. The van der Waals surface area contributed by atoms with E-state index in [9.17, 15) is 4.57 Å². The average molecular weight is 154 g/mol. The van der Waals surface area contributed by atoms with Crippen LogP contribution in [0, 0.1) is 0 Å². The Hall–Kier alpha value is 0.0700. The number of nitrogens with two attached hydrogens (primary N) is 1. The molecule has 9 heavy (non-hydrogen) atoms. The number of hydrogen-bond donors (Lipinski definition) is 3. The lowest BCUT2D eigenvalue weighted by Crippen LogP contribution is -2.22. The molecule has 0 unspecified atom stereocenters. The second-order valence-electron chi connectivity index (χ2n) is 1.68. The summed E-state index contributed by atoms with van der Waals surface area (Å²) in [5, 5.41) is 0. The summed E-state index contributed by atoms with van der Waals surface area (Å²) in [6.45, 7) is 0.464. The van der Waals surface area contributed by atoms with Crippen LogP contribution in [0.25, 0.3) is 0 Å². The lowest BCUT2D eigenvalue weighted by Gasteiger charge is -2.15. The van der Waals surface area contributed by atoms with E-state index in [0.29, 0.717) is 0 Å². The molecule has 0 aromatic carbocycles. The third kappa shape index (κ3) is 3.61. The number of likely N-dealkylation sites (N-methyl/N-ethyl adjacent to an activating group) is 1. The minimum absolute atomic E-state index is 0.213. The monoisotopic (exact) mass is 154 g/mol. The largest absolute Gasteiger partial charge is 0.402 e. The topological polar surface area (TPSA) is 86.8 Å². The van der Waals surface area contributed by atoms with Gasteiger partial charge in [0.25, 0.3) is 0 Å². The van der Waals surface area contributed by atoms with Gasteiger partial charge in [-0.25, -0.2) is 9.24 Å². The Balaban J connectivity index is 3.74. The fraction of sp³-hybridized carbons (Fsp3) is 1.00. The van der Waals surface area contributed by atoms with Gasteiger partial charge in [-0.2, -0.15) is 0 Å². The molecule has 0 aliphatic rings. The van der Waals surface area contributed by atoms with Crippen LogP contribution >= 0.6 is 7.75 Å². The maximum Gasteiger partial charge on any atom is 0.402 e. The molecule has 5 nitrogen and oxygen atoms in total. The normalized spacial score (nSPS) is 12.6. The predicted octanol–water partition coefficient (Wildman–Crippen LogP) is -1.03. The van der Waals surface area contributed by atoms with Crippen molar-refractivity contribution < 1.29 is 14.4 Å². The van der Waals surface area contributed by atoms with E-state index in [2.05, 4.69) is 0 Å². The van der Waals surface area contributed by atoms with Crippen molar-refractivity contribution in [3.8, 4) is 0 Å². The molecule has 0 aromatic heterocycles. The third-order valence-corrected chi connectivity index (χ3v) is 1.99. The summed E-state index contributed by atoms with van der Waals surface area (Å²) in [7, 11) is -2.69. The molecular formula is C3H11N2O3P. The molecule has 4 N–H and O–H groups in total. The summed E-state index contributed by atoms with van der Waals surface area (Å²) in [6, 6.07) is 0. The average Bonchev–Trinajstić information content (AvgIpc) is 1.64. The summed E-state index contributed by atoms with van der Waals surface area (Å²) in [4.78, 5) is 16.8. The third-order valence-electron chi connectivity index (χ3n) is 0.897. The smallest absolute Gasteiger partial charge is 0.329 e. The van der Waals surface area contributed by atoms with Gasteiger partial charge in [-0.15, -0.1) is 0 Å². The maximum atomic E-state index is 10.3. The van der Waals surface area contributed by atoms with E-state index in [0.717, 1.165) is 4.67 Å². The zero-order chi connectivity index (χ0) is 7.49. The van der Waals surface area contributed by atoms with Crippen LogP contribution in [-0.4, -0.2) is 34.6 Å². The van der Waals surface area contributed by atoms with Gasteiger partial charge >= 0.3 is 7.75 Å². The van der Waals surface area contributed by atoms with Gasteiger partial charge in [0.05, 0.1) is 0 Å². The molecule has 6 heteroatoms. The molecule has 0 rings (SSSR count). The van der Waals surface area contributed by atoms with Crippen LogP contribution in [0.1, 0.15) is 0 Å². The van der Waals surface area contributed by atoms with Gasteiger partial charge in [0, 0.05) is 13.1 Å². The highest BCUT2D eigenvalue weighted by Gasteiger charge is 2.18. The van der Waals surface area contributed by atoms with Crippen molar-refractivity contribution in [2.45, 2.75) is 0 Å². The lowest BCUT2D eigenvalue weighted by atomic mass is 10.7. The lowest BCUT2D eigenvalue weighted by molar-refractivity contribution is 0.294. The fourth-order valence-corrected chi connectivity index (χ4v) is 0.693. The van der Waals surface area contributed by atoms with Gasteiger partial charge in [0.1, 0.15) is 0 Å². The first-order chi connectivity index (χ1) is 3.98. The summed E-state index contributed by atoms with van der Waals surface area (Å²) in [6.07, 6.45) is 0. The molecule has 0 radical (unpaired) electrons. The van der Waals surface area contributed by atoms with Crippen molar-refractivity contribution in [1.82, 2.24) is 4.67 Å². The molecule has 0 aliphatic carbocycles. The van der Waals surface area contributed by atoms with Gasteiger partial charge in [-0.1, -0.05) is 0 Å². The standard InChI is InChI=1S/C3H11N2O3P/c1-5(3-2-4)9(6,7)8/h2-4H2,1H3,(H2,6,7,8).